The second-order valence-electron chi connectivity index (χ2n) is 4.41. The summed E-state index contributed by atoms with van der Waals surface area (Å²) in [6, 6.07) is 12.1. The van der Waals surface area contributed by atoms with Crippen LogP contribution in [0.5, 0.6) is 0 Å². The highest BCUT2D eigenvalue weighted by molar-refractivity contribution is 7.10. The maximum absolute atomic E-state index is 9.01. The Bertz CT molecular complexity index is 570. The molecule has 0 fully saturated rings. The number of anilines is 2. The summed E-state index contributed by atoms with van der Waals surface area (Å²) >= 11 is 1.75. The van der Waals surface area contributed by atoms with Gasteiger partial charge in [-0.2, -0.15) is 5.26 Å². The van der Waals surface area contributed by atoms with E-state index in [1.54, 1.807) is 17.4 Å². The maximum Gasteiger partial charge on any atom is 0.101 e. The van der Waals surface area contributed by atoms with Gasteiger partial charge in [-0.3, -0.25) is 0 Å². The van der Waals surface area contributed by atoms with Gasteiger partial charge < -0.3 is 11.1 Å². The number of hydrogen-bond acceptors (Lipinski definition) is 4. The highest BCUT2D eigenvalue weighted by Crippen LogP contribution is 2.28. The van der Waals surface area contributed by atoms with E-state index in [9.17, 15) is 0 Å². The molecule has 0 aliphatic rings. The Kier molecular flexibility index (Phi) is 4.43. The first-order valence-electron chi connectivity index (χ1n) is 6.34. The molecular weight excluding hydrogens is 254 g/mol. The number of rotatable bonds is 5. The van der Waals surface area contributed by atoms with Crippen LogP contribution in [0.15, 0.2) is 35.7 Å². The van der Waals surface area contributed by atoms with E-state index >= 15 is 0 Å². The summed E-state index contributed by atoms with van der Waals surface area (Å²) in [6.45, 7) is 2.17. The summed E-state index contributed by atoms with van der Waals surface area (Å²) in [5.41, 5.74) is 7.72. The van der Waals surface area contributed by atoms with Crippen molar-refractivity contribution in [1.29, 1.82) is 5.26 Å². The molecule has 0 radical (unpaired) electrons. The second kappa shape index (κ2) is 6.26. The number of nitriles is 1. The molecule has 2 aromatic rings. The van der Waals surface area contributed by atoms with Gasteiger partial charge in [0.1, 0.15) is 6.07 Å². The minimum Gasteiger partial charge on any atom is -0.398 e. The molecule has 1 unspecified atom stereocenters. The van der Waals surface area contributed by atoms with E-state index in [1.165, 1.54) is 4.88 Å². The maximum atomic E-state index is 9.01. The van der Waals surface area contributed by atoms with E-state index in [2.05, 4.69) is 35.8 Å². The fourth-order valence-electron chi connectivity index (χ4n) is 2.01. The first-order valence-corrected chi connectivity index (χ1v) is 7.22. The Morgan fingerprint density at radius 2 is 2.26 bits per heavy atom. The number of thiophene rings is 1. The standard InChI is InChI=1S/C15H17N3S/c1-2-4-14(15-5-3-8-19-15)18-12-6-7-13(17)11(9-12)10-16/h3,5-9,14,18H,2,4,17H2,1H3. The number of benzene rings is 1. The predicted octanol–water partition coefficient (Wildman–Crippen LogP) is 4.16. The van der Waals surface area contributed by atoms with Crippen LogP contribution in [-0.4, -0.2) is 0 Å². The summed E-state index contributed by atoms with van der Waals surface area (Å²) in [5.74, 6) is 0. The second-order valence-corrected chi connectivity index (χ2v) is 5.39. The summed E-state index contributed by atoms with van der Waals surface area (Å²) in [7, 11) is 0. The van der Waals surface area contributed by atoms with Crippen LogP contribution >= 0.6 is 11.3 Å². The molecule has 0 saturated heterocycles. The number of hydrogen-bond donors (Lipinski definition) is 2. The van der Waals surface area contributed by atoms with Crippen molar-refractivity contribution >= 4 is 22.7 Å². The normalized spacial score (nSPS) is 11.8. The van der Waals surface area contributed by atoms with E-state index in [0.717, 1.165) is 18.5 Å². The molecule has 0 spiro atoms. The van der Waals surface area contributed by atoms with Crippen LogP contribution in [0, 0.1) is 11.3 Å². The van der Waals surface area contributed by atoms with Crippen molar-refractivity contribution in [2.45, 2.75) is 25.8 Å². The molecule has 1 aromatic heterocycles. The average Bonchev–Trinajstić information content (AvgIpc) is 2.94. The van der Waals surface area contributed by atoms with Gasteiger partial charge in [0.15, 0.2) is 0 Å². The van der Waals surface area contributed by atoms with E-state index in [4.69, 9.17) is 11.0 Å². The van der Waals surface area contributed by atoms with Crippen molar-refractivity contribution in [1.82, 2.24) is 0 Å². The number of nitrogens with one attached hydrogen (secondary N) is 1. The molecule has 1 aromatic carbocycles. The molecule has 0 bridgehead atoms. The Morgan fingerprint density at radius 1 is 1.42 bits per heavy atom. The molecule has 3 N–H and O–H groups in total. The molecule has 98 valence electrons. The van der Waals surface area contributed by atoms with E-state index in [0.29, 0.717) is 17.3 Å². The molecular formula is C15H17N3S. The fourth-order valence-corrected chi connectivity index (χ4v) is 2.82. The van der Waals surface area contributed by atoms with E-state index < -0.39 is 0 Å². The van der Waals surface area contributed by atoms with Gasteiger partial charge in [0.05, 0.1) is 11.6 Å². The van der Waals surface area contributed by atoms with Crippen LogP contribution in [0.4, 0.5) is 11.4 Å². The third-order valence-electron chi connectivity index (χ3n) is 2.98. The van der Waals surface area contributed by atoms with Gasteiger partial charge in [-0.25, -0.2) is 0 Å². The largest absolute Gasteiger partial charge is 0.398 e. The van der Waals surface area contributed by atoms with Gasteiger partial charge in [-0.05, 0) is 36.1 Å². The van der Waals surface area contributed by atoms with Crippen LogP contribution in [0.25, 0.3) is 0 Å². The molecule has 0 saturated carbocycles. The highest BCUT2D eigenvalue weighted by Gasteiger charge is 2.12. The van der Waals surface area contributed by atoms with E-state index in [-0.39, 0.29) is 0 Å². The molecule has 1 heterocycles. The third kappa shape index (κ3) is 3.27. The molecule has 19 heavy (non-hydrogen) atoms. The lowest BCUT2D eigenvalue weighted by atomic mass is 10.1. The van der Waals surface area contributed by atoms with Crippen molar-refractivity contribution in [3.63, 3.8) is 0 Å². The van der Waals surface area contributed by atoms with Crippen LogP contribution in [-0.2, 0) is 0 Å². The Hall–Kier alpha value is -1.99. The quantitative estimate of drug-likeness (QED) is 0.803. The summed E-state index contributed by atoms with van der Waals surface area (Å²) < 4.78 is 0. The Balaban J connectivity index is 2.20. The summed E-state index contributed by atoms with van der Waals surface area (Å²) in [6.07, 6.45) is 2.17. The SMILES string of the molecule is CCCC(Nc1ccc(N)c(C#N)c1)c1cccs1. The molecule has 1 atom stereocenters. The third-order valence-corrected chi connectivity index (χ3v) is 3.96. The summed E-state index contributed by atoms with van der Waals surface area (Å²) in [5, 5.41) is 14.6. The van der Waals surface area contributed by atoms with Gasteiger partial charge in [-0.15, -0.1) is 11.3 Å². The lowest BCUT2D eigenvalue weighted by Crippen LogP contribution is -2.09. The van der Waals surface area contributed by atoms with Crippen molar-refractivity contribution in [2.24, 2.45) is 0 Å². The molecule has 0 amide bonds. The van der Waals surface area contributed by atoms with Gasteiger partial charge >= 0.3 is 0 Å². The zero-order valence-electron chi connectivity index (χ0n) is 10.9. The minimum atomic E-state index is 0.292. The molecule has 3 nitrogen and oxygen atoms in total. The smallest absolute Gasteiger partial charge is 0.101 e. The number of nitrogens with zero attached hydrogens (tertiary/aromatic N) is 1. The van der Waals surface area contributed by atoms with Crippen molar-refractivity contribution in [3.05, 3.63) is 46.2 Å². The predicted molar refractivity (Wildman–Crippen MR) is 81.2 cm³/mol. The zero-order chi connectivity index (χ0) is 13.7. The monoisotopic (exact) mass is 271 g/mol. The molecule has 2 rings (SSSR count). The molecule has 0 aliphatic carbocycles. The summed E-state index contributed by atoms with van der Waals surface area (Å²) in [4.78, 5) is 1.32. The van der Waals surface area contributed by atoms with Crippen molar-refractivity contribution in [3.8, 4) is 6.07 Å². The Labute approximate surface area is 117 Å². The molecule has 4 heteroatoms. The van der Waals surface area contributed by atoms with Crippen LogP contribution in [0.1, 0.15) is 36.2 Å². The lowest BCUT2D eigenvalue weighted by Gasteiger charge is -2.18. The van der Waals surface area contributed by atoms with Gasteiger partial charge in [0.2, 0.25) is 0 Å². The van der Waals surface area contributed by atoms with Gasteiger partial charge in [0, 0.05) is 16.3 Å². The van der Waals surface area contributed by atoms with Crippen molar-refractivity contribution in [2.75, 3.05) is 11.1 Å². The zero-order valence-corrected chi connectivity index (χ0v) is 11.7. The Morgan fingerprint density at radius 3 is 2.89 bits per heavy atom. The lowest BCUT2D eigenvalue weighted by molar-refractivity contribution is 0.687. The number of nitrogen functional groups attached to an aromatic ring is 1. The minimum absolute atomic E-state index is 0.292. The van der Waals surface area contributed by atoms with Crippen molar-refractivity contribution < 1.29 is 0 Å². The number of nitrogens with two attached hydrogens (primary N) is 1. The van der Waals surface area contributed by atoms with Crippen LogP contribution < -0.4 is 11.1 Å². The first-order chi connectivity index (χ1) is 9.24. The first kappa shape index (κ1) is 13.4. The average molecular weight is 271 g/mol. The molecule has 0 aliphatic heterocycles. The van der Waals surface area contributed by atoms with Crippen LogP contribution in [0.3, 0.4) is 0 Å². The fraction of sp³-hybridized carbons (Fsp3) is 0.267. The van der Waals surface area contributed by atoms with Crippen LogP contribution in [0.2, 0.25) is 0 Å². The topological polar surface area (TPSA) is 61.8 Å². The highest BCUT2D eigenvalue weighted by atomic mass is 32.1. The van der Waals surface area contributed by atoms with Gasteiger partial charge in [-0.1, -0.05) is 19.4 Å². The van der Waals surface area contributed by atoms with E-state index in [1.807, 2.05) is 12.1 Å². The van der Waals surface area contributed by atoms with Gasteiger partial charge in [0.25, 0.3) is 0 Å².